The van der Waals surface area contributed by atoms with Crippen LogP contribution in [0.2, 0.25) is 0 Å². The number of hydrogen-bond acceptors (Lipinski definition) is 3. The van der Waals surface area contributed by atoms with Gasteiger partial charge in [0.05, 0.1) is 18.1 Å². The number of ether oxygens (including phenoxy) is 1. The quantitative estimate of drug-likeness (QED) is 0.854. The fraction of sp³-hybridized carbons (Fsp3) is 0.538. The Bertz CT molecular complexity index is 528. The zero-order valence-corrected chi connectivity index (χ0v) is 13.0. The summed E-state index contributed by atoms with van der Waals surface area (Å²) < 4.78 is 29.5. The molecular weight excluding hydrogens is 316 g/mol. The lowest BCUT2D eigenvalue weighted by atomic mass is 10.1. The van der Waals surface area contributed by atoms with E-state index in [2.05, 4.69) is 15.9 Å². The molecule has 1 aromatic carbocycles. The van der Waals surface area contributed by atoms with Gasteiger partial charge in [-0.25, -0.2) is 8.42 Å². The first-order valence-electron chi connectivity index (χ1n) is 5.97. The molecule has 0 aliphatic carbocycles. The van der Waals surface area contributed by atoms with Crippen LogP contribution in [-0.4, -0.2) is 26.5 Å². The van der Waals surface area contributed by atoms with E-state index in [1.807, 2.05) is 26.0 Å². The van der Waals surface area contributed by atoms with Gasteiger partial charge < -0.3 is 4.74 Å². The monoisotopic (exact) mass is 332 g/mol. The van der Waals surface area contributed by atoms with E-state index in [9.17, 15) is 8.42 Å². The average molecular weight is 333 g/mol. The third-order valence-corrected chi connectivity index (χ3v) is 6.31. The van der Waals surface area contributed by atoms with Crippen LogP contribution in [0.25, 0.3) is 0 Å². The minimum atomic E-state index is -2.81. The molecule has 1 saturated heterocycles. The van der Waals surface area contributed by atoms with E-state index >= 15 is 0 Å². The van der Waals surface area contributed by atoms with E-state index in [-0.39, 0.29) is 11.7 Å². The maximum atomic E-state index is 11.3. The summed E-state index contributed by atoms with van der Waals surface area (Å²) in [6, 6.07) is 3.95. The van der Waals surface area contributed by atoms with Crippen LogP contribution in [-0.2, 0) is 9.84 Å². The fourth-order valence-corrected chi connectivity index (χ4v) is 4.28. The number of aryl methyl sites for hydroxylation is 2. The molecule has 0 bridgehead atoms. The molecule has 1 aliphatic rings. The van der Waals surface area contributed by atoms with Crippen molar-refractivity contribution in [2.24, 2.45) is 5.92 Å². The molecule has 1 fully saturated rings. The van der Waals surface area contributed by atoms with Crippen LogP contribution in [0.4, 0.5) is 0 Å². The maximum Gasteiger partial charge on any atom is 0.150 e. The van der Waals surface area contributed by atoms with Gasteiger partial charge in [-0.1, -0.05) is 15.9 Å². The van der Waals surface area contributed by atoms with Gasteiger partial charge in [0.15, 0.2) is 9.84 Å². The molecule has 100 valence electrons. The Labute approximate surface area is 117 Å². The first kappa shape index (κ1) is 13.9. The van der Waals surface area contributed by atoms with Crippen molar-refractivity contribution in [2.45, 2.75) is 20.3 Å². The Morgan fingerprint density at radius 2 is 1.94 bits per heavy atom. The van der Waals surface area contributed by atoms with Gasteiger partial charge in [0, 0.05) is 10.4 Å². The summed E-state index contributed by atoms with van der Waals surface area (Å²) in [5, 5.41) is 0. The number of sulfone groups is 1. The minimum Gasteiger partial charge on any atom is -0.493 e. The van der Waals surface area contributed by atoms with E-state index in [0.29, 0.717) is 12.4 Å². The van der Waals surface area contributed by atoms with Crippen molar-refractivity contribution in [1.82, 2.24) is 0 Å². The number of hydrogen-bond donors (Lipinski definition) is 0. The molecule has 18 heavy (non-hydrogen) atoms. The topological polar surface area (TPSA) is 43.4 Å². The average Bonchev–Trinajstić information content (AvgIpc) is 2.63. The van der Waals surface area contributed by atoms with Gasteiger partial charge >= 0.3 is 0 Å². The van der Waals surface area contributed by atoms with Gasteiger partial charge in [-0.05, 0) is 43.5 Å². The molecule has 2 rings (SSSR count). The molecular formula is C13H17BrO3S. The van der Waals surface area contributed by atoms with E-state index in [1.54, 1.807) is 0 Å². The van der Waals surface area contributed by atoms with E-state index < -0.39 is 9.84 Å². The maximum absolute atomic E-state index is 11.3. The summed E-state index contributed by atoms with van der Waals surface area (Å²) in [5.41, 5.74) is 2.26. The molecule has 0 unspecified atom stereocenters. The molecule has 0 N–H and O–H groups in total. The SMILES string of the molecule is Cc1cc(OC[C@H]2CCS(=O)(=O)C2)cc(C)c1Br. The smallest absolute Gasteiger partial charge is 0.150 e. The molecule has 3 nitrogen and oxygen atoms in total. The van der Waals surface area contributed by atoms with Crippen LogP contribution in [0.5, 0.6) is 5.75 Å². The summed E-state index contributed by atoms with van der Waals surface area (Å²) in [6.45, 7) is 4.52. The van der Waals surface area contributed by atoms with Crippen molar-refractivity contribution in [2.75, 3.05) is 18.1 Å². The predicted molar refractivity (Wildman–Crippen MR) is 75.9 cm³/mol. The lowest BCUT2D eigenvalue weighted by Crippen LogP contribution is -2.13. The summed E-state index contributed by atoms with van der Waals surface area (Å²) in [5.74, 6) is 1.53. The summed E-state index contributed by atoms with van der Waals surface area (Å²) in [4.78, 5) is 0. The summed E-state index contributed by atoms with van der Waals surface area (Å²) >= 11 is 3.51. The first-order chi connectivity index (χ1) is 8.37. The highest BCUT2D eigenvalue weighted by molar-refractivity contribution is 9.10. The molecule has 1 atom stereocenters. The van der Waals surface area contributed by atoms with Crippen LogP contribution in [0, 0.1) is 19.8 Å². The molecule has 0 saturated carbocycles. The standard InChI is InChI=1S/C13H17BrO3S/c1-9-5-12(6-10(2)13(9)14)17-7-11-3-4-18(15,16)8-11/h5-6,11H,3-4,7-8H2,1-2H3/t11-/m1/s1. The molecule has 1 aromatic rings. The molecule has 1 heterocycles. The third-order valence-electron chi connectivity index (χ3n) is 3.22. The zero-order chi connectivity index (χ0) is 13.3. The largest absolute Gasteiger partial charge is 0.493 e. The van der Waals surface area contributed by atoms with Crippen LogP contribution >= 0.6 is 15.9 Å². The van der Waals surface area contributed by atoms with Crippen LogP contribution in [0.1, 0.15) is 17.5 Å². The molecule has 5 heteroatoms. The Kier molecular flexibility index (Phi) is 4.02. The van der Waals surface area contributed by atoms with Crippen molar-refractivity contribution < 1.29 is 13.2 Å². The zero-order valence-electron chi connectivity index (χ0n) is 10.6. The predicted octanol–water partition coefficient (Wildman–Crippen LogP) is 2.88. The lowest BCUT2D eigenvalue weighted by molar-refractivity contribution is 0.263. The summed E-state index contributed by atoms with van der Waals surface area (Å²) in [6.07, 6.45) is 0.719. The Morgan fingerprint density at radius 1 is 1.33 bits per heavy atom. The second-order valence-electron chi connectivity index (χ2n) is 4.95. The molecule has 0 radical (unpaired) electrons. The van der Waals surface area contributed by atoms with Crippen molar-refractivity contribution in [3.05, 3.63) is 27.7 Å². The van der Waals surface area contributed by atoms with E-state index in [4.69, 9.17) is 4.74 Å². The van der Waals surface area contributed by atoms with Crippen molar-refractivity contribution in [1.29, 1.82) is 0 Å². The second-order valence-corrected chi connectivity index (χ2v) is 7.97. The Hall–Kier alpha value is -0.550. The molecule has 0 aromatic heterocycles. The van der Waals surface area contributed by atoms with Crippen molar-refractivity contribution >= 4 is 25.8 Å². The van der Waals surface area contributed by atoms with E-state index in [1.165, 1.54) is 0 Å². The second kappa shape index (κ2) is 5.21. The highest BCUT2D eigenvalue weighted by atomic mass is 79.9. The number of rotatable bonds is 3. The van der Waals surface area contributed by atoms with Gasteiger partial charge in [-0.3, -0.25) is 0 Å². The van der Waals surface area contributed by atoms with E-state index in [0.717, 1.165) is 27.8 Å². The Balaban J connectivity index is 1.99. The number of halogens is 1. The highest BCUT2D eigenvalue weighted by Gasteiger charge is 2.28. The Morgan fingerprint density at radius 3 is 2.44 bits per heavy atom. The van der Waals surface area contributed by atoms with Crippen molar-refractivity contribution in [3.63, 3.8) is 0 Å². The minimum absolute atomic E-state index is 0.138. The van der Waals surface area contributed by atoms with Gasteiger partial charge in [0.1, 0.15) is 5.75 Å². The molecule has 0 spiro atoms. The van der Waals surface area contributed by atoms with Gasteiger partial charge in [0.25, 0.3) is 0 Å². The fourth-order valence-electron chi connectivity index (χ4n) is 2.21. The van der Waals surface area contributed by atoms with Crippen LogP contribution < -0.4 is 4.74 Å². The molecule has 1 aliphatic heterocycles. The van der Waals surface area contributed by atoms with Gasteiger partial charge in [0.2, 0.25) is 0 Å². The third kappa shape index (κ3) is 3.26. The van der Waals surface area contributed by atoms with Crippen LogP contribution in [0.15, 0.2) is 16.6 Å². The van der Waals surface area contributed by atoms with Gasteiger partial charge in [-0.15, -0.1) is 0 Å². The first-order valence-corrected chi connectivity index (χ1v) is 8.59. The van der Waals surface area contributed by atoms with Gasteiger partial charge in [-0.2, -0.15) is 0 Å². The molecule has 0 amide bonds. The van der Waals surface area contributed by atoms with Crippen LogP contribution in [0.3, 0.4) is 0 Å². The number of benzene rings is 1. The normalized spacial score (nSPS) is 22.1. The lowest BCUT2D eigenvalue weighted by Gasteiger charge is -2.12. The highest BCUT2D eigenvalue weighted by Crippen LogP contribution is 2.27. The summed E-state index contributed by atoms with van der Waals surface area (Å²) in [7, 11) is -2.81. The van der Waals surface area contributed by atoms with Crippen molar-refractivity contribution in [3.8, 4) is 5.75 Å².